The van der Waals surface area contributed by atoms with Gasteiger partial charge in [0, 0.05) is 10.6 Å². The first-order valence-electron chi connectivity index (χ1n) is 7.98. The summed E-state index contributed by atoms with van der Waals surface area (Å²) in [4.78, 5) is 28.6. The first-order valence-corrected chi connectivity index (χ1v) is 8.36. The molecule has 2 heterocycles. The van der Waals surface area contributed by atoms with Gasteiger partial charge in [-0.1, -0.05) is 48.0 Å². The number of nitrogens with one attached hydrogen (secondary N) is 2. The summed E-state index contributed by atoms with van der Waals surface area (Å²) in [6.07, 6.45) is 0.252. The van der Waals surface area contributed by atoms with E-state index in [4.69, 9.17) is 11.6 Å². The van der Waals surface area contributed by atoms with E-state index < -0.39 is 0 Å². The first kappa shape index (κ1) is 16.3. The third-order valence-corrected chi connectivity index (χ3v) is 4.29. The highest BCUT2D eigenvalue weighted by atomic mass is 35.5. The number of rotatable bonds is 3. The normalized spacial score (nSPS) is 15.9. The Bertz CT molecular complexity index is 986. The zero-order valence-electron chi connectivity index (χ0n) is 13.5. The van der Waals surface area contributed by atoms with Crippen molar-refractivity contribution in [3.63, 3.8) is 0 Å². The lowest BCUT2D eigenvalue weighted by molar-refractivity contribution is -0.117. The van der Waals surface area contributed by atoms with Gasteiger partial charge in [0.15, 0.2) is 0 Å². The molecule has 0 aliphatic carbocycles. The van der Waals surface area contributed by atoms with Crippen LogP contribution in [0.4, 0.5) is 11.9 Å². The predicted molar refractivity (Wildman–Crippen MR) is 97.3 cm³/mol. The van der Waals surface area contributed by atoms with Crippen LogP contribution in [-0.2, 0) is 4.79 Å². The highest BCUT2D eigenvalue weighted by Crippen LogP contribution is 2.29. The SMILES string of the molecule is O=C1C[C@@H](c2ccccc2)n2nc(NC(=O)c3cccc(Cl)c3)nc2N1. The van der Waals surface area contributed by atoms with Gasteiger partial charge in [0.2, 0.25) is 11.9 Å². The molecule has 0 saturated heterocycles. The van der Waals surface area contributed by atoms with Gasteiger partial charge in [0.1, 0.15) is 0 Å². The number of carbonyl (C=O) groups is 2. The number of nitrogens with zero attached hydrogens (tertiary/aromatic N) is 3. The fraction of sp³-hybridized carbons (Fsp3) is 0.111. The predicted octanol–water partition coefficient (Wildman–Crippen LogP) is 3.12. The summed E-state index contributed by atoms with van der Waals surface area (Å²) >= 11 is 5.91. The lowest BCUT2D eigenvalue weighted by Crippen LogP contribution is -2.29. The van der Waals surface area contributed by atoms with Gasteiger partial charge in [0.05, 0.1) is 12.5 Å². The molecule has 1 aliphatic heterocycles. The van der Waals surface area contributed by atoms with Crippen LogP contribution in [0.3, 0.4) is 0 Å². The molecular formula is C18H14ClN5O2. The average Bonchev–Trinajstić information content (AvgIpc) is 3.03. The van der Waals surface area contributed by atoms with Crippen molar-refractivity contribution in [1.29, 1.82) is 0 Å². The minimum absolute atomic E-state index is 0.119. The molecular weight excluding hydrogens is 354 g/mol. The summed E-state index contributed by atoms with van der Waals surface area (Å²) in [5, 5.41) is 10.1. The monoisotopic (exact) mass is 367 g/mol. The number of amides is 2. The van der Waals surface area contributed by atoms with E-state index in [0.717, 1.165) is 5.56 Å². The number of hydrogen-bond donors (Lipinski definition) is 2. The molecule has 7 nitrogen and oxygen atoms in total. The lowest BCUT2D eigenvalue weighted by Gasteiger charge is -2.23. The molecule has 0 fully saturated rings. The largest absolute Gasteiger partial charge is 0.295 e. The summed E-state index contributed by atoms with van der Waals surface area (Å²) in [7, 11) is 0. The highest BCUT2D eigenvalue weighted by molar-refractivity contribution is 6.31. The molecule has 0 radical (unpaired) electrons. The molecule has 1 aliphatic rings. The molecule has 2 amide bonds. The minimum Gasteiger partial charge on any atom is -0.295 e. The summed E-state index contributed by atoms with van der Waals surface area (Å²) in [6, 6.07) is 15.9. The zero-order valence-corrected chi connectivity index (χ0v) is 14.3. The maximum absolute atomic E-state index is 12.3. The van der Waals surface area contributed by atoms with Crippen LogP contribution in [0.1, 0.15) is 28.4 Å². The van der Waals surface area contributed by atoms with Crippen LogP contribution in [0.5, 0.6) is 0 Å². The maximum atomic E-state index is 12.3. The van der Waals surface area contributed by atoms with Crippen molar-refractivity contribution in [3.8, 4) is 0 Å². The van der Waals surface area contributed by atoms with Crippen LogP contribution in [0, 0.1) is 0 Å². The van der Waals surface area contributed by atoms with Crippen LogP contribution >= 0.6 is 11.6 Å². The van der Waals surface area contributed by atoms with Crippen molar-refractivity contribution >= 4 is 35.3 Å². The molecule has 0 unspecified atom stereocenters. The fourth-order valence-electron chi connectivity index (χ4n) is 2.85. The summed E-state index contributed by atoms with van der Waals surface area (Å²) in [5.41, 5.74) is 1.34. The molecule has 1 aromatic heterocycles. The van der Waals surface area contributed by atoms with E-state index in [0.29, 0.717) is 16.5 Å². The highest BCUT2D eigenvalue weighted by Gasteiger charge is 2.29. The third kappa shape index (κ3) is 3.16. The summed E-state index contributed by atoms with van der Waals surface area (Å²) < 4.78 is 1.62. The topological polar surface area (TPSA) is 88.9 Å². The Labute approximate surface area is 154 Å². The van der Waals surface area contributed by atoms with Crippen molar-refractivity contribution in [2.45, 2.75) is 12.5 Å². The van der Waals surface area contributed by atoms with Crippen molar-refractivity contribution in [3.05, 3.63) is 70.7 Å². The number of hydrogen-bond acceptors (Lipinski definition) is 4. The minimum atomic E-state index is -0.377. The van der Waals surface area contributed by atoms with Crippen molar-refractivity contribution in [1.82, 2.24) is 14.8 Å². The van der Waals surface area contributed by atoms with Gasteiger partial charge in [-0.05, 0) is 23.8 Å². The van der Waals surface area contributed by atoms with Gasteiger partial charge in [-0.2, -0.15) is 4.98 Å². The molecule has 8 heteroatoms. The first-order chi connectivity index (χ1) is 12.6. The van der Waals surface area contributed by atoms with E-state index >= 15 is 0 Å². The van der Waals surface area contributed by atoms with Crippen molar-refractivity contribution < 1.29 is 9.59 Å². The molecule has 0 bridgehead atoms. The standard InChI is InChI=1S/C18H14ClN5O2/c19-13-8-4-7-12(9-13)16(26)21-17-22-18-20-15(25)10-14(24(18)23-17)11-5-2-1-3-6-11/h1-9,14H,10H2,(H2,20,21,22,23,25,26)/t14-/m0/s1. The van der Waals surface area contributed by atoms with E-state index in [2.05, 4.69) is 20.7 Å². The Kier molecular flexibility index (Phi) is 4.14. The van der Waals surface area contributed by atoms with Gasteiger partial charge in [-0.15, -0.1) is 5.10 Å². The second kappa shape index (κ2) is 6.61. The molecule has 2 aromatic carbocycles. The molecule has 3 aromatic rings. The number of halogens is 1. The number of benzene rings is 2. The average molecular weight is 368 g/mol. The third-order valence-electron chi connectivity index (χ3n) is 4.05. The number of carbonyl (C=O) groups excluding carboxylic acids is 2. The van der Waals surface area contributed by atoms with E-state index in [1.165, 1.54) is 0 Å². The molecule has 0 saturated carbocycles. The van der Waals surface area contributed by atoms with E-state index in [9.17, 15) is 9.59 Å². The van der Waals surface area contributed by atoms with E-state index in [1.807, 2.05) is 30.3 Å². The van der Waals surface area contributed by atoms with E-state index in [-0.39, 0.29) is 30.2 Å². The molecule has 130 valence electrons. The van der Waals surface area contributed by atoms with Crippen molar-refractivity contribution in [2.75, 3.05) is 10.6 Å². The Balaban J connectivity index is 1.63. The Morgan fingerprint density at radius 2 is 2.00 bits per heavy atom. The fourth-order valence-corrected chi connectivity index (χ4v) is 3.04. The van der Waals surface area contributed by atoms with Crippen LogP contribution in [-0.4, -0.2) is 26.6 Å². The number of anilines is 2. The second-order valence-electron chi connectivity index (χ2n) is 5.85. The molecule has 26 heavy (non-hydrogen) atoms. The number of aromatic nitrogens is 3. The Hall–Kier alpha value is -3.19. The molecule has 4 rings (SSSR count). The van der Waals surface area contributed by atoms with Gasteiger partial charge in [-0.25, -0.2) is 4.68 Å². The molecule has 0 spiro atoms. The summed E-state index contributed by atoms with van der Waals surface area (Å²) in [5.74, 6) is -0.103. The lowest BCUT2D eigenvalue weighted by atomic mass is 10.0. The quantitative estimate of drug-likeness (QED) is 0.744. The smallest absolute Gasteiger partial charge is 0.258 e. The number of fused-ring (bicyclic) bond motifs is 1. The van der Waals surface area contributed by atoms with Crippen LogP contribution in [0.2, 0.25) is 5.02 Å². The Morgan fingerprint density at radius 3 is 2.77 bits per heavy atom. The van der Waals surface area contributed by atoms with Gasteiger partial charge in [0.25, 0.3) is 11.9 Å². The second-order valence-corrected chi connectivity index (χ2v) is 6.28. The Morgan fingerprint density at radius 1 is 1.19 bits per heavy atom. The summed E-state index contributed by atoms with van der Waals surface area (Å²) in [6.45, 7) is 0. The van der Waals surface area contributed by atoms with Crippen LogP contribution < -0.4 is 10.6 Å². The van der Waals surface area contributed by atoms with Gasteiger partial charge in [-0.3, -0.25) is 20.2 Å². The van der Waals surface area contributed by atoms with Gasteiger partial charge < -0.3 is 0 Å². The van der Waals surface area contributed by atoms with Crippen LogP contribution in [0.15, 0.2) is 54.6 Å². The van der Waals surface area contributed by atoms with E-state index in [1.54, 1.807) is 28.9 Å². The molecule has 2 N–H and O–H groups in total. The molecule has 1 atom stereocenters. The van der Waals surface area contributed by atoms with Gasteiger partial charge >= 0.3 is 0 Å². The van der Waals surface area contributed by atoms with Crippen molar-refractivity contribution in [2.24, 2.45) is 0 Å². The maximum Gasteiger partial charge on any atom is 0.258 e. The van der Waals surface area contributed by atoms with Crippen LogP contribution in [0.25, 0.3) is 0 Å². The zero-order chi connectivity index (χ0) is 18.1.